The Morgan fingerprint density at radius 1 is 1.39 bits per heavy atom. The predicted molar refractivity (Wildman–Crippen MR) is 65.4 cm³/mol. The second-order valence-electron chi connectivity index (χ2n) is 3.45. The van der Waals surface area contributed by atoms with Crippen LogP contribution in [0, 0.1) is 5.82 Å². The lowest BCUT2D eigenvalue weighted by atomic mass is 9.97. The molecule has 0 fully saturated rings. The van der Waals surface area contributed by atoms with Crippen LogP contribution >= 0.6 is 24.0 Å². The smallest absolute Gasteiger partial charge is 0.324 e. The molecule has 0 saturated heterocycles. The number of nitrogens with two attached hydrogens (primary N) is 1. The van der Waals surface area contributed by atoms with Crippen LogP contribution in [0.2, 0.25) is 5.02 Å². The fraction of sp³-hybridized carbons (Fsp3) is 0.273. The third-order valence-electron chi connectivity index (χ3n) is 2.23. The van der Waals surface area contributed by atoms with E-state index in [4.69, 9.17) is 17.3 Å². The predicted octanol–water partition coefficient (Wildman–Crippen LogP) is 4.50. The van der Waals surface area contributed by atoms with Crippen molar-refractivity contribution in [2.45, 2.75) is 18.6 Å². The first kappa shape index (κ1) is 17.2. The summed E-state index contributed by atoms with van der Waals surface area (Å²) in [4.78, 5) is 0. The maximum absolute atomic E-state index is 13.6. The zero-order chi connectivity index (χ0) is 13.2. The zero-order valence-corrected chi connectivity index (χ0v) is 10.7. The molecule has 1 aromatic rings. The topological polar surface area (TPSA) is 26.0 Å². The molecule has 0 aliphatic heterocycles. The van der Waals surface area contributed by atoms with Gasteiger partial charge >= 0.3 is 6.18 Å². The molecule has 1 rings (SSSR count). The van der Waals surface area contributed by atoms with Crippen molar-refractivity contribution >= 4 is 24.0 Å². The van der Waals surface area contributed by atoms with Crippen molar-refractivity contribution in [3.63, 3.8) is 0 Å². The van der Waals surface area contributed by atoms with Gasteiger partial charge in [0, 0.05) is 11.6 Å². The second-order valence-corrected chi connectivity index (χ2v) is 3.86. The van der Waals surface area contributed by atoms with Gasteiger partial charge in [-0.15, -0.1) is 19.0 Å². The average molecular weight is 304 g/mol. The van der Waals surface area contributed by atoms with Gasteiger partial charge in [0.05, 0.1) is 10.6 Å². The van der Waals surface area contributed by atoms with Crippen LogP contribution in [0.5, 0.6) is 0 Å². The Morgan fingerprint density at radius 2 is 1.94 bits per heavy atom. The van der Waals surface area contributed by atoms with Crippen LogP contribution < -0.4 is 5.73 Å². The molecule has 1 nitrogen and oxygen atoms in total. The summed E-state index contributed by atoms with van der Waals surface area (Å²) in [5.74, 6) is -1.13. The third kappa shape index (κ3) is 3.60. The summed E-state index contributed by atoms with van der Waals surface area (Å²) >= 11 is 5.46. The molecule has 0 aromatic heterocycles. The van der Waals surface area contributed by atoms with Gasteiger partial charge in [-0.2, -0.15) is 13.2 Å². The Balaban J connectivity index is 0.00000289. The summed E-state index contributed by atoms with van der Waals surface area (Å²) in [7, 11) is 0. The first-order chi connectivity index (χ1) is 7.79. The van der Waals surface area contributed by atoms with Crippen molar-refractivity contribution in [2.24, 2.45) is 5.73 Å². The molecule has 0 heterocycles. The van der Waals surface area contributed by atoms with Gasteiger partial charge in [0.2, 0.25) is 0 Å². The SMILES string of the molecule is C=CC[C@@H](N)c1c(C(F)(F)F)ccc(Cl)c1F.Cl. The van der Waals surface area contributed by atoms with Gasteiger partial charge in [-0.1, -0.05) is 17.7 Å². The van der Waals surface area contributed by atoms with Crippen LogP contribution in [0.3, 0.4) is 0 Å². The number of hydrogen-bond acceptors (Lipinski definition) is 1. The summed E-state index contributed by atoms with van der Waals surface area (Å²) in [6.07, 6.45) is -3.31. The van der Waals surface area contributed by atoms with E-state index in [9.17, 15) is 17.6 Å². The van der Waals surface area contributed by atoms with E-state index in [0.29, 0.717) is 0 Å². The fourth-order valence-corrected chi connectivity index (χ4v) is 1.64. The molecular weight excluding hydrogens is 293 g/mol. The molecule has 0 aliphatic rings. The van der Waals surface area contributed by atoms with Gasteiger partial charge in [-0.05, 0) is 18.6 Å². The van der Waals surface area contributed by atoms with E-state index < -0.39 is 29.2 Å². The lowest BCUT2D eigenvalue weighted by Crippen LogP contribution is -2.19. The van der Waals surface area contributed by atoms with Crippen molar-refractivity contribution in [2.75, 3.05) is 0 Å². The van der Waals surface area contributed by atoms with E-state index in [1.807, 2.05) is 0 Å². The summed E-state index contributed by atoms with van der Waals surface area (Å²) in [6, 6.07) is 0.468. The summed E-state index contributed by atoms with van der Waals surface area (Å²) in [6.45, 7) is 3.35. The standard InChI is InChI=1S/C11H10ClF4N.ClH/c1-2-3-8(17)9-6(11(14,15)16)4-5-7(12)10(9)13;/h2,4-5,8H,1,3,17H2;1H/t8-;/m1./s1. The van der Waals surface area contributed by atoms with E-state index in [1.54, 1.807) is 0 Å². The Bertz CT molecular complexity index is 432. The zero-order valence-electron chi connectivity index (χ0n) is 9.10. The van der Waals surface area contributed by atoms with Crippen molar-refractivity contribution in [3.05, 3.63) is 46.8 Å². The fourth-order valence-electron chi connectivity index (χ4n) is 1.47. The maximum Gasteiger partial charge on any atom is 0.416 e. The molecule has 2 N–H and O–H groups in total. The molecule has 1 aromatic carbocycles. The monoisotopic (exact) mass is 303 g/mol. The van der Waals surface area contributed by atoms with Crippen molar-refractivity contribution in [1.82, 2.24) is 0 Å². The molecule has 0 bridgehead atoms. The maximum atomic E-state index is 13.6. The normalized spacial score (nSPS) is 12.8. The Morgan fingerprint density at radius 3 is 2.39 bits per heavy atom. The van der Waals surface area contributed by atoms with E-state index in [2.05, 4.69) is 6.58 Å². The highest BCUT2D eigenvalue weighted by Gasteiger charge is 2.36. The molecule has 18 heavy (non-hydrogen) atoms. The van der Waals surface area contributed by atoms with Gasteiger partial charge in [-0.25, -0.2) is 4.39 Å². The van der Waals surface area contributed by atoms with E-state index in [1.165, 1.54) is 6.08 Å². The number of rotatable bonds is 3. The first-order valence-corrected chi connectivity index (χ1v) is 5.08. The molecule has 0 amide bonds. The lowest BCUT2D eigenvalue weighted by Gasteiger charge is -2.18. The van der Waals surface area contributed by atoms with Gasteiger partial charge in [0.1, 0.15) is 5.82 Å². The van der Waals surface area contributed by atoms with Crippen LogP contribution in [0.15, 0.2) is 24.8 Å². The molecule has 0 radical (unpaired) electrons. The van der Waals surface area contributed by atoms with Crippen molar-refractivity contribution < 1.29 is 17.6 Å². The molecule has 0 spiro atoms. The Hall–Kier alpha value is -0.780. The van der Waals surface area contributed by atoms with Gasteiger partial charge in [-0.3, -0.25) is 0 Å². The summed E-state index contributed by atoms with van der Waals surface area (Å²) in [5, 5.41) is -0.382. The molecule has 102 valence electrons. The van der Waals surface area contributed by atoms with E-state index in [-0.39, 0.29) is 23.9 Å². The molecular formula is C11H11Cl2F4N. The minimum absolute atomic E-state index is 0. The molecule has 0 saturated carbocycles. The lowest BCUT2D eigenvalue weighted by molar-refractivity contribution is -0.138. The van der Waals surface area contributed by atoms with Crippen LogP contribution in [0.25, 0.3) is 0 Å². The van der Waals surface area contributed by atoms with Crippen molar-refractivity contribution in [1.29, 1.82) is 0 Å². The largest absolute Gasteiger partial charge is 0.416 e. The number of benzene rings is 1. The third-order valence-corrected chi connectivity index (χ3v) is 2.52. The quantitative estimate of drug-likeness (QED) is 0.646. The van der Waals surface area contributed by atoms with Crippen molar-refractivity contribution in [3.8, 4) is 0 Å². The van der Waals surface area contributed by atoms with Gasteiger partial charge in [0.15, 0.2) is 0 Å². The van der Waals surface area contributed by atoms with Crippen LogP contribution in [0.1, 0.15) is 23.6 Å². The minimum atomic E-state index is -4.67. The average Bonchev–Trinajstić information content (AvgIpc) is 2.20. The van der Waals surface area contributed by atoms with Crippen LogP contribution in [-0.4, -0.2) is 0 Å². The summed E-state index contributed by atoms with van der Waals surface area (Å²) < 4.78 is 51.6. The molecule has 0 aliphatic carbocycles. The molecule has 1 atom stereocenters. The number of hydrogen-bond donors (Lipinski definition) is 1. The van der Waals surface area contributed by atoms with Gasteiger partial charge in [0.25, 0.3) is 0 Å². The first-order valence-electron chi connectivity index (χ1n) is 4.70. The van der Waals surface area contributed by atoms with Gasteiger partial charge < -0.3 is 5.73 Å². The Labute approximate surface area is 113 Å². The highest BCUT2D eigenvalue weighted by atomic mass is 35.5. The molecule has 0 unspecified atom stereocenters. The Kier molecular flexibility index (Phi) is 6.13. The number of halogens is 6. The number of alkyl halides is 3. The highest BCUT2D eigenvalue weighted by Crippen LogP contribution is 2.38. The summed E-state index contributed by atoms with van der Waals surface area (Å²) in [5.41, 5.74) is 3.78. The van der Waals surface area contributed by atoms with Crippen LogP contribution in [-0.2, 0) is 6.18 Å². The minimum Gasteiger partial charge on any atom is -0.324 e. The van der Waals surface area contributed by atoms with E-state index >= 15 is 0 Å². The van der Waals surface area contributed by atoms with E-state index in [0.717, 1.165) is 12.1 Å². The second kappa shape index (κ2) is 6.41. The van der Waals surface area contributed by atoms with Crippen LogP contribution in [0.4, 0.5) is 17.6 Å². The highest BCUT2D eigenvalue weighted by molar-refractivity contribution is 6.30. The molecule has 7 heteroatoms.